The molecule has 0 aliphatic rings. The molecule has 2 aromatic heterocycles. The number of H-pyrrole nitrogens is 1. The zero-order valence-electron chi connectivity index (χ0n) is 13.4. The normalized spacial score (nSPS) is 10.6. The second-order valence-electron chi connectivity index (χ2n) is 5.42. The Morgan fingerprint density at radius 1 is 1.17 bits per heavy atom. The number of anilines is 1. The molecule has 3 aromatic rings. The molecule has 0 saturated carbocycles. The molecule has 1 aromatic carbocycles. The number of amides is 1. The average molecular weight is 339 g/mol. The molecule has 0 unspecified atom stereocenters. The van der Waals surface area contributed by atoms with E-state index < -0.39 is 0 Å². The first-order chi connectivity index (χ1) is 11.6. The molecular formula is C17H17N5OS. The molecule has 3 rings (SSSR count). The van der Waals surface area contributed by atoms with Crippen molar-refractivity contribution in [3.63, 3.8) is 0 Å². The SMILES string of the molecule is Cc1cc(C)cc(NC(=O)CSc2n[nH]c(-c3ccncc3)n2)c1. The second kappa shape index (κ2) is 7.27. The fraction of sp³-hybridized carbons (Fsp3) is 0.176. The molecule has 0 aliphatic heterocycles. The van der Waals surface area contributed by atoms with Crippen LogP contribution in [0.4, 0.5) is 5.69 Å². The number of rotatable bonds is 5. The van der Waals surface area contributed by atoms with E-state index in [9.17, 15) is 4.79 Å². The van der Waals surface area contributed by atoms with Crippen LogP contribution in [0.15, 0.2) is 47.9 Å². The van der Waals surface area contributed by atoms with Gasteiger partial charge in [0.25, 0.3) is 0 Å². The van der Waals surface area contributed by atoms with Crippen molar-refractivity contribution in [3.8, 4) is 11.4 Å². The topological polar surface area (TPSA) is 83.6 Å². The zero-order chi connectivity index (χ0) is 16.9. The molecule has 0 aliphatic carbocycles. The number of carbonyl (C=O) groups is 1. The highest BCUT2D eigenvalue weighted by Crippen LogP contribution is 2.19. The first kappa shape index (κ1) is 16.2. The molecule has 0 fully saturated rings. The Balaban J connectivity index is 1.58. The molecule has 6 nitrogen and oxygen atoms in total. The summed E-state index contributed by atoms with van der Waals surface area (Å²) in [4.78, 5) is 20.4. The minimum atomic E-state index is -0.0831. The largest absolute Gasteiger partial charge is 0.325 e. The molecule has 0 bridgehead atoms. The highest BCUT2D eigenvalue weighted by atomic mass is 32.2. The van der Waals surface area contributed by atoms with E-state index >= 15 is 0 Å². The Morgan fingerprint density at radius 3 is 2.58 bits per heavy atom. The second-order valence-corrected chi connectivity index (χ2v) is 6.36. The highest BCUT2D eigenvalue weighted by molar-refractivity contribution is 7.99. The van der Waals surface area contributed by atoms with Crippen LogP contribution in [-0.4, -0.2) is 31.8 Å². The van der Waals surface area contributed by atoms with E-state index in [0.29, 0.717) is 11.0 Å². The summed E-state index contributed by atoms with van der Waals surface area (Å²) >= 11 is 1.29. The third-order valence-corrected chi connectivity index (χ3v) is 4.10. The number of benzene rings is 1. The number of hydrogen-bond donors (Lipinski definition) is 2. The van der Waals surface area contributed by atoms with E-state index in [1.165, 1.54) is 11.8 Å². The molecule has 1 amide bonds. The molecule has 122 valence electrons. The van der Waals surface area contributed by atoms with Gasteiger partial charge in [-0.1, -0.05) is 17.8 Å². The molecular weight excluding hydrogens is 322 g/mol. The van der Waals surface area contributed by atoms with Crippen molar-refractivity contribution in [2.45, 2.75) is 19.0 Å². The summed E-state index contributed by atoms with van der Waals surface area (Å²) in [7, 11) is 0. The molecule has 24 heavy (non-hydrogen) atoms. The van der Waals surface area contributed by atoms with Gasteiger partial charge in [0, 0.05) is 23.6 Å². The van der Waals surface area contributed by atoms with Crippen LogP contribution in [0, 0.1) is 13.8 Å². The summed E-state index contributed by atoms with van der Waals surface area (Å²) in [5, 5.41) is 10.4. The van der Waals surface area contributed by atoms with Crippen LogP contribution in [0.2, 0.25) is 0 Å². The van der Waals surface area contributed by atoms with Crippen molar-refractivity contribution in [1.29, 1.82) is 0 Å². The molecule has 0 atom stereocenters. The van der Waals surface area contributed by atoms with Crippen LogP contribution < -0.4 is 5.32 Å². The quantitative estimate of drug-likeness (QED) is 0.697. The maximum Gasteiger partial charge on any atom is 0.234 e. The summed E-state index contributed by atoms with van der Waals surface area (Å²) in [6.45, 7) is 4.01. The Labute approximate surface area is 144 Å². The maximum absolute atomic E-state index is 12.1. The predicted molar refractivity (Wildman–Crippen MR) is 94.9 cm³/mol. The van der Waals surface area contributed by atoms with E-state index in [4.69, 9.17) is 0 Å². The summed E-state index contributed by atoms with van der Waals surface area (Å²) in [5.41, 5.74) is 3.96. The van der Waals surface area contributed by atoms with Crippen LogP contribution in [0.5, 0.6) is 0 Å². The minimum Gasteiger partial charge on any atom is -0.325 e. The Hall–Kier alpha value is -2.67. The number of thioether (sulfide) groups is 1. The van der Waals surface area contributed by atoms with Crippen molar-refractivity contribution in [2.24, 2.45) is 0 Å². The maximum atomic E-state index is 12.1. The van der Waals surface area contributed by atoms with Crippen molar-refractivity contribution in [1.82, 2.24) is 20.2 Å². The van der Waals surface area contributed by atoms with Gasteiger partial charge in [-0.25, -0.2) is 4.98 Å². The van der Waals surface area contributed by atoms with Gasteiger partial charge < -0.3 is 5.32 Å². The lowest BCUT2D eigenvalue weighted by Crippen LogP contribution is -2.14. The van der Waals surface area contributed by atoms with E-state index in [-0.39, 0.29) is 11.7 Å². The Morgan fingerprint density at radius 2 is 1.88 bits per heavy atom. The summed E-state index contributed by atoms with van der Waals surface area (Å²) in [6, 6.07) is 9.66. The third kappa shape index (κ3) is 4.20. The van der Waals surface area contributed by atoms with Crippen LogP contribution >= 0.6 is 11.8 Å². The first-order valence-corrected chi connectivity index (χ1v) is 8.42. The number of carbonyl (C=O) groups excluding carboxylic acids is 1. The molecule has 0 saturated heterocycles. The monoisotopic (exact) mass is 339 g/mol. The van der Waals surface area contributed by atoms with E-state index in [0.717, 1.165) is 22.4 Å². The number of pyridine rings is 1. The number of hydrogen-bond acceptors (Lipinski definition) is 5. The van der Waals surface area contributed by atoms with Gasteiger partial charge in [0.1, 0.15) is 0 Å². The van der Waals surface area contributed by atoms with Crippen LogP contribution in [0.25, 0.3) is 11.4 Å². The standard InChI is InChI=1S/C17H17N5OS/c1-11-7-12(2)9-14(8-11)19-15(23)10-24-17-20-16(21-22-17)13-3-5-18-6-4-13/h3-9H,10H2,1-2H3,(H,19,23)(H,20,21,22). The number of aromatic nitrogens is 4. The fourth-order valence-electron chi connectivity index (χ4n) is 2.32. The van der Waals surface area contributed by atoms with Crippen molar-refractivity contribution in [2.75, 3.05) is 11.1 Å². The van der Waals surface area contributed by atoms with Gasteiger partial charge in [0.2, 0.25) is 11.1 Å². The Bertz CT molecular complexity index is 827. The number of nitrogens with one attached hydrogen (secondary N) is 2. The average Bonchev–Trinajstić information content (AvgIpc) is 3.02. The van der Waals surface area contributed by atoms with Crippen molar-refractivity contribution in [3.05, 3.63) is 53.9 Å². The van der Waals surface area contributed by atoms with Gasteiger partial charge in [-0.3, -0.25) is 14.9 Å². The lowest BCUT2D eigenvalue weighted by molar-refractivity contribution is -0.113. The summed E-state index contributed by atoms with van der Waals surface area (Å²) < 4.78 is 0. The van der Waals surface area contributed by atoms with Crippen LogP contribution in [-0.2, 0) is 4.79 Å². The Kier molecular flexibility index (Phi) is 4.90. The number of aromatic amines is 1. The predicted octanol–water partition coefficient (Wildman–Crippen LogP) is 3.21. The van der Waals surface area contributed by atoms with E-state index in [2.05, 4.69) is 31.5 Å². The van der Waals surface area contributed by atoms with Gasteiger partial charge in [-0.15, -0.1) is 5.10 Å². The number of aryl methyl sites for hydroxylation is 2. The van der Waals surface area contributed by atoms with Gasteiger partial charge >= 0.3 is 0 Å². The van der Waals surface area contributed by atoms with Crippen LogP contribution in [0.1, 0.15) is 11.1 Å². The minimum absolute atomic E-state index is 0.0831. The van der Waals surface area contributed by atoms with Gasteiger partial charge in [-0.2, -0.15) is 0 Å². The fourth-order valence-corrected chi connectivity index (χ4v) is 2.92. The smallest absolute Gasteiger partial charge is 0.234 e. The van der Waals surface area contributed by atoms with Crippen LogP contribution in [0.3, 0.4) is 0 Å². The van der Waals surface area contributed by atoms with E-state index in [1.54, 1.807) is 12.4 Å². The molecule has 7 heteroatoms. The lowest BCUT2D eigenvalue weighted by Gasteiger charge is -2.06. The van der Waals surface area contributed by atoms with Gasteiger partial charge in [0.05, 0.1) is 5.75 Å². The third-order valence-electron chi connectivity index (χ3n) is 3.26. The van der Waals surface area contributed by atoms with E-state index in [1.807, 2.05) is 38.1 Å². The molecule has 0 radical (unpaired) electrons. The van der Waals surface area contributed by atoms with Gasteiger partial charge in [-0.05, 0) is 49.2 Å². The lowest BCUT2D eigenvalue weighted by atomic mass is 10.1. The van der Waals surface area contributed by atoms with Gasteiger partial charge in [0.15, 0.2) is 5.82 Å². The molecule has 2 heterocycles. The zero-order valence-corrected chi connectivity index (χ0v) is 14.2. The summed E-state index contributed by atoms with van der Waals surface area (Å²) in [6.07, 6.45) is 3.39. The highest BCUT2D eigenvalue weighted by Gasteiger charge is 2.09. The first-order valence-electron chi connectivity index (χ1n) is 7.44. The number of nitrogens with zero attached hydrogens (tertiary/aromatic N) is 3. The van der Waals surface area contributed by atoms with Crippen molar-refractivity contribution >= 4 is 23.4 Å². The van der Waals surface area contributed by atoms with Crippen molar-refractivity contribution < 1.29 is 4.79 Å². The summed E-state index contributed by atoms with van der Waals surface area (Å²) in [5.74, 6) is 0.829. The molecule has 0 spiro atoms. The molecule has 2 N–H and O–H groups in total.